The van der Waals surface area contributed by atoms with Gasteiger partial charge < -0.3 is 10.2 Å². The first-order valence-electron chi connectivity index (χ1n) is 7.01. The van der Waals surface area contributed by atoms with Crippen molar-refractivity contribution in [1.29, 1.82) is 0 Å². The summed E-state index contributed by atoms with van der Waals surface area (Å²) in [4.78, 5) is 9.64. The molecule has 1 N–H and O–H groups in total. The van der Waals surface area contributed by atoms with E-state index < -0.39 is 0 Å². The summed E-state index contributed by atoms with van der Waals surface area (Å²) >= 11 is 5.55. The maximum atomic E-state index is 7.10. The molecule has 0 atom stereocenters. The highest BCUT2D eigenvalue weighted by atomic mass is 32.1. The van der Waals surface area contributed by atoms with Crippen LogP contribution in [0.25, 0.3) is 4.85 Å². The topological polar surface area (TPSA) is 32.5 Å². The molecule has 0 aliphatic heterocycles. The van der Waals surface area contributed by atoms with Crippen molar-refractivity contribution in [3.05, 3.63) is 59.7 Å². The fourth-order valence-electron chi connectivity index (χ4n) is 2.19. The molecular formula is C17H18N4S. The summed E-state index contributed by atoms with van der Waals surface area (Å²) in [5.74, 6) is 0. The van der Waals surface area contributed by atoms with Crippen LogP contribution in [-0.2, 0) is 0 Å². The highest BCUT2D eigenvalue weighted by Gasteiger charge is 2.16. The lowest BCUT2D eigenvalue weighted by atomic mass is 10.2. The lowest BCUT2D eigenvalue weighted by Crippen LogP contribution is -2.40. The number of aryl methyl sites for hydroxylation is 1. The van der Waals surface area contributed by atoms with E-state index in [9.17, 15) is 0 Å². The molecule has 0 fully saturated rings. The third-order valence-electron chi connectivity index (χ3n) is 3.23. The number of hydrogen-bond donors (Lipinski definition) is 1. The van der Waals surface area contributed by atoms with Crippen LogP contribution >= 0.6 is 12.2 Å². The largest absolute Gasteiger partial charge is 0.332 e. The van der Waals surface area contributed by atoms with Crippen molar-refractivity contribution in [2.45, 2.75) is 26.8 Å². The highest BCUT2D eigenvalue weighted by Crippen LogP contribution is 2.23. The Morgan fingerprint density at radius 2 is 2.14 bits per heavy atom. The minimum Gasteiger partial charge on any atom is -0.332 e. The molecular weight excluding hydrogens is 292 g/mol. The van der Waals surface area contributed by atoms with Gasteiger partial charge in [0.2, 0.25) is 0 Å². The van der Waals surface area contributed by atoms with Gasteiger partial charge in [-0.15, -0.1) is 0 Å². The molecule has 0 saturated carbocycles. The maximum absolute atomic E-state index is 7.10. The van der Waals surface area contributed by atoms with Crippen LogP contribution in [0.2, 0.25) is 0 Å². The van der Waals surface area contributed by atoms with Crippen molar-refractivity contribution < 1.29 is 0 Å². The van der Waals surface area contributed by atoms with Gasteiger partial charge in [0.05, 0.1) is 18.5 Å². The Balaban J connectivity index is 2.23. The fourth-order valence-corrected chi connectivity index (χ4v) is 2.62. The van der Waals surface area contributed by atoms with Crippen molar-refractivity contribution in [3.8, 4) is 0 Å². The molecule has 112 valence electrons. The monoisotopic (exact) mass is 310 g/mol. The summed E-state index contributed by atoms with van der Waals surface area (Å²) in [6.45, 7) is 13.2. The van der Waals surface area contributed by atoms with Crippen LogP contribution in [-0.4, -0.2) is 16.1 Å². The molecule has 2 aromatic rings. The minimum atomic E-state index is 0.202. The number of pyridine rings is 1. The van der Waals surface area contributed by atoms with Crippen LogP contribution < -0.4 is 10.2 Å². The summed E-state index contributed by atoms with van der Waals surface area (Å²) < 4.78 is 0. The first-order chi connectivity index (χ1) is 10.5. The third-order valence-corrected chi connectivity index (χ3v) is 3.53. The predicted molar refractivity (Wildman–Crippen MR) is 95.5 cm³/mol. The predicted octanol–water partition coefficient (Wildman–Crippen LogP) is 4.55. The molecule has 1 aromatic heterocycles. The van der Waals surface area contributed by atoms with E-state index in [1.807, 2.05) is 36.1 Å². The van der Waals surface area contributed by atoms with Crippen LogP contribution in [0.4, 0.5) is 17.1 Å². The van der Waals surface area contributed by atoms with Gasteiger partial charge in [0.15, 0.2) is 10.8 Å². The Morgan fingerprint density at radius 3 is 2.68 bits per heavy atom. The molecule has 0 aliphatic rings. The number of anilines is 2. The number of rotatable bonds is 3. The summed E-state index contributed by atoms with van der Waals surface area (Å²) in [5.41, 5.74) is 3.42. The van der Waals surface area contributed by atoms with E-state index in [4.69, 9.17) is 18.8 Å². The first-order valence-corrected chi connectivity index (χ1v) is 7.42. The highest BCUT2D eigenvalue weighted by molar-refractivity contribution is 7.80. The van der Waals surface area contributed by atoms with E-state index in [0.29, 0.717) is 10.8 Å². The SMILES string of the molecule is [C-]#[N+]c1ccc(NC(=S)N(c2cccnc2)C(C)C)cc1C. The van der Waals surface area contributed by atoms with Gasteiger partial charge in [-0.05, 0) is 62.8 Å². The molecule has 1 aromatic carbocycles. The van der Waals surface area contributed by atoms with Crippen molar-refractivity contribution in [2.24, 2.45) is 0 Å². The second kappa shape index (κ2) is 7.01. The summed E-state index contributed by atoms with van der Waals surface area (Å²) in [6.07, 6.45) is 3.53. The average Bonchev–Trinajstić information content (AvgIpc) is 2.48. The lowest BCUT2D eigenvalue weighted by molar-refractivity contribution is 0.809. The quantitative estimate of drug-likeness (QED) is 0.666. The zero-order valence-electron chi connectivity index (χ0n) is 12.9. The fraction of sp³-hybridized carbons (Fsp3) is 0.235. The maximum Gasteiger partial charge on any atom is 0.190 e. The molecule has 0 radical (unpaired) electrons. The Hall–Kier alpha value is -2.45. The molecule has 0 spiro atoms. The standard InChI is InChI=1S/C17H18N4S/c1-12(2)21(15-6-5-9-19-11-15)17(22)20-14-7-8-16(18-4)13(3)10-14/h5-12H,1-3H3,(H,20,22). The van der Waals surface area contributed by atoms with Crippen molar-refractivity contribution >= 4 is 34.4 Å². The van der Waals surface area contributed by atoms with Gasteiger partial charge in [-0.2, -0.15) is 0 Å². The number of benzene rings is 1. The van der Waals surface area contributed by atoms with E-state index in [1.54, 1.807) is 18.5 Å². The minimum absolute atomic E-state index is 0.202. The summed E-state index contributed by atoms with van der Waals surface area (Å²) in [6, 6.07) is 9.68. The summed E-state index contributed by atoms with van der Waals surface area (Å²) in [5, 5.41) is 3.85. The second-order valence-corrected chi connectivity index (χ2v) is 5.60. The van der Waals surface area contributed by atoms with Crippen LogP contribution in [0.3, 0.4) is 0 Å². The number of thiocarbonyl (C=S) groups is 1. The third kappa shape index (κ3) is 3.60. The van der Waals surface area contributed by atoms with Crippen molar-refractivity contribution in [2.75, 3.05) is 10.2 Å². The van der Waals surface area contributed by atoms with Gasteiger partial charge in [-0.1, -0.05) is 6.07 Å². The summed E-state index contributed by atoms with van der Waals surface area (Å²) in [7, 11) is 0. The molecule has 0 aliphatic carbocycles. The smallest absolute Gasteiger partial charge is 0.190 e. The zero-order valence-corrected chi connectivity index (χ0v) is 13.7. The van der Waals surface area contributed by atoms with Gasteiger partial charge in [0, 0.05) is 17.9 Å². The van der Waals surface area contributed by atoms with E-state index in [0.717, 1.165) is 16.9 Å². The van der Waals surface area contributed by atoms with Gasteiger partial charge in [-0.25, -0.2) is 4.85 Å². The molecule has 22 heavy (non-hydrogen) atoms. The Bertz CT molecular complexity index is 704. The van der Waals surface area contributed by atoms with E-state index in [2.05, 4.69) is 29.0 Å². The van der Waals surface area contributed by atoms with Crippen LogP contribution in [0.5, 0.6) is 0 Å². The second-order valence-electron chi connectivity index (χ2n) is 5.22. The van der Waals surface area contributed by atoms with Crippen LogP contribution in [0.1, 0.15) is 19.4 Å². The Kier molecular flexibility index (Phi) is 5.08. The molecule has 0 saturated heterocycles. The number of nitrogens with one attached hydrogen (secondary N) is 1. The molecule has 1 heterocycles. The van der Waals surface area contributed by atoms with Gasteiger partial charge in [-0.3, -0.25) is 4.98 Å². The molecule has 2 rings (SSSR count). The first kappa shape index (κ1) is 15.9. The number of aromatic nitrogens is 1. The molecule has 0 unspecified atom stereocenters. The molecule has 0 bridgehead atoms. The van der Waals surface area contributed by atoms with E-state index in [1.165, 1.54) is 0 Å². The zero-order chi connectivity index (χ0) is 16.1. The number of nitrogens with zero attached hydrogens (tertiary/aromatic N) is 3. The van der Waals surface area contributed by atoms with Crippen molar-refractivity contribution in [3.63, 3.8) is 0 Å². The Labute approximate surface area is 136 Å². The molecule has 4 nitrogen and oxygen atoms in total. The number of hydrogen-bond acceptors (Lipinski definition) is 2. The van der Waals surface area contributed by atoms with Gasteiger partial charge in [0.25, 0.3) is 0 Å². The van der Waals surface area contributed by atoms with Gasteiger partial charge in [0.1, 0.15) is 0 Å². The lowest BCUT2D eigenvalue weighted by Gasteiger charge is -2.29. The van der Waals surface area contributed by atoms with Gasteiger partial charge >= 0.3 is 0 Å². The van der Waals surface area contributed by atoms with Crippen LogP contribution in [0.15, 0.2) is 42.7 Å². The van der Waals surface area contributed by atoms with Crippen LogP contribution in [0, 0.1) is 13.5 Å². The molecule has 5 heteroatoms. The van der Waals surface area contributed by atoms with E-state index in [-0.39, 0.29) is 6.04 Å². The Morgan fingerprint density at radius 1 is 1.36 bits per heavy atom. The normalized spacial score (nSPS) is 10.1. The molecule has 0 amide bonds. The van der Waals surface area contributed by atoms with Crippen molar-refractivity contribution in [1.82, 2.24) is 4.98 Å². The average molecular weight is 310 g/mol. The van der Waals surface area contributed by atoms with E-state index >= 15 is 0 Å².